The van der Waals surface area contributed by atoms with Gasteiger partial charge in [0.25, 0.3) is 0 Å². The van der Waals surface area contributed by atoms with Gasteiger partial charge in [-0.2, -0.15) is 0 Å². The summed E-state index contributed by atoms with van der Waals surface area (Å²) in [5, 5.41) is 2.40. The summed E-state index contributed by atoms with van der Waals surface area (Å²) < 4.78 is 0. The van der Waals surface area contributed by atoms with E-state index >= 15 is 0 Å². The fraction of sp³-hybridized carbons (Fsp3) is 0.267. The van der Waals surface area contributed by atoms with E-state index in [1.54, 1.807) is 0 Å². The molecular formula is C15H15NO. The molecule has 2 aromatic carbocycles. The molecule has 0 unspecified atom stereocenters. The molecule has 0 heterocycles. The number of primary amides is 1. The van der Waals surface area contributed by atoms with E-state index in [9.17, 15) is 4.79 Å². The summed E-state index contributed by atoms with van der Waals surface area (Å²) in [6.07, 6.45) is 0. The molecule has 2 nitrogen and oxygen atoms in total. The summed E-state index contributed by atoms with van der Waals surface area (Å²) >= 11 is 0. The van der Waals surface area contributed by atoms with Gasteiger partial charge in [-0.15, -0.1) is 0 Å². The summed E-state index contributed by atoms with van der Waals surface area (Å²) in [4.78, 5) is 11.7. The van der Waals surface area contributed by atoms with Crippen molar-refractivity contribution in [3.8, 4) is 0 Å². The minimum Gasteiger partial charge on any atom is -0.369 e. The Bertz CT molecular complexity index is 623. The molecule has 1 amide bonds. The predicted molar refractivity (Wildman–Crippen MR) is 68.9 cm³/mol. The Kier molecular flexibility index (Phi) is 1.88. The van der Waals surface area contributed by atoms with E-state index in [4.69, 9.17) is 5.73 Å². The second-order valence-electron chi connectivity index (χ2n) is 5.31. The first-order chi connectivity index (χ1) is 8.03. The highest BCUT2D eigenvalue weighted by atomic mass is 16.1. The Labute approximate surface area is 100 Å². The molecule has 0 saturated carbocycles. The van der Waals surface area contributed by atoms with Gasteiger partial charge in [-0.25, -0.2) is 0 Å². The average molecular weight is 225 g/mol. The minimum atomic E-state index is -0.237. The van der Waals surface area contributed by atoms with Crippen molar-refractivity contribution in [2.24, 2.45) is 5.73 Å². The molecule has 3 rings (SSSR count). The number of carbonyl (C=O) groups is 1. The van der Waals surface area contributed by atoms with Crippen LogP contribution in [0.4, 0.5) is 0 Å². The molecule has 86 valence electrons. The number of hydrogen-bond donors (Lipinski definition) is 1. The second kappa shape index (κ2) is 3.10. The monoisotopic (exact) mass is 225 g/mol. The Hall–Kier alpha value is -1.83. The van der Waals surface area contributed by atoms with Crippen molar-refractivity contribution in [3.05, 3.63) is 47.5 Å². The number of hydrogen-bond acceptors (Lipinski definition) is 1. The van der Waals surface area contributed by atoms with Gasteiger partial charge < -0.3 is 5.73 Å². The summed E-state index contributed by atoms with van der Waals surface area (Å²) in [5.74, 6) is -0.456. The number of benzene rings is 2. The molecular weight excluding hydrogens is 210 g/mol. The first-order valence-electron chi connectivity index (χ1n) is 5.85. The summed E-state index contributed by atoms with van der Waals surface area (Å²) in [6, 6.07) is 12.3. The van der Waals surface area contributed by atoms with E-state index in [1.165, 1.54) is 16.3 Å². The van der Waals surface area contributed by atoms with Gasteiger partial charge in [0.15, 0.2) is 0 Å². The van der Waals surface area contributed by atoms with Crippen LogP contribution in [0.3, 0.4) is 0 Å². The van der Waals surface area contributed by atoms with E-state index in [-0.39, 0.29) is 17.2 Å². The van der Waals surface area contributed by atoms with E-state index in [2.05, 4.69) is 32.0 Å². The third kappa shape index (κ3) is 1.18. The maximum atomic E-state index is 11.7. The van der Waals surface area contributed by atoms with Crippen molar-refractivity contribution < 1.29 is 4.79 Å². The van der Waals surface area contributed by atoms with Gasteiger partial charge in [0.2, 0.25) is 5.91 Å². The third-order valence-electron chi connectivity index (χ3n) is 3.95. The molecule has 0 aromatic heterocycles. The first kappa shape index (κ1) is 10.3. The molecule has 0 aliphatic heterocycles. The van der Waals surface area contributed by atoms with Crippen molar-refractivity contribution >= 4 is 16.7 Å². The van der Waals surface area contributed by atoms with Crippen LogP contribution in [-0.4, -0.2) is 5.91 Å². The maximum absolute atomic E-state index is 11.7. The Morgan fingerprint density at radius 3 is 2.47 bits per heavy atom. The van der Waals surface area contributed by atoms with Crippen LogP contribution in [0.5, 0.6) is 0 Å². The molecule has 0 bridgehead atoms. The maximum Gasteiger partial charge on any atom is 0.225 e. The fourth-order valence-electron chi connectivity index (χ4n) is 3.20. The zero-order valence-electron chi connectivity index (χ0n) is 10.0. The number of carbonyl (C=O) groups excluding carboxylic acids is 1. The van der Waals surface area contributed by atoms with E-state index in [1.807, 2.05) is 18.2 Å². The molecule has 0 radical (unpaired) electrons. The molecule has 0 saturated heterocycles. The van der Waals surface area contributed by atoms with Crippen molar-refractivity contribution in [3.63, 3.8) is 0 Å². The summed E-state index contributed by atoms with van der Waals surface area (Å²) in [5.41, 5.74) is 7.69. The van der Waals surface area contributed by atoms with Crippen molar-refractivity contribution in [2.45, 2.75) is 25.2 Å². The topological polar surface area (TPSA) is 43.1 Å². The van der Waals surface area contributed by atoms with Crippen LogP contribution in [0, 0.1) is 0 Å². The number of rotatable bonds is 1. The highest BCUT2D eigenvalue weighted by Crippen LogP contribution is 2.50. The molecule has 17 heavy (non-hydrogen) atoms. The zero-order valence-corrected chi connectivity index (χ0v) is 10.0. The van der Waals surface area contributed by atoms with Gasteiger partial charge in [0.1, 0.15) is 0 Å². The van der Waals surface area contributed by atoms with Crippen LogP contribution < -0.4 is 5.73 Å². The Balaban J connectivity index is 2.45. The SMILES string of the molecule is CC1(C)c2cccc3cccc(c23)[C@@H]1C(N)=O. The lowest BCUT2D eigenvalue weighted by Crippen LogP contribution is -2.33. The zero-order chi connectivity index (χ0) is 12.2. The molecule has 1 aliphatic carbocycles. The van der Waals surface area contributed by atoms with Crippen molar-refractivity contribution in [2.75, 3.05) is 0 Å². The summed E-state index contributed by atoms with van der Waals surface area (Å²) in [7, 11) is 0. The molecule has 0 fully saturated rings. The lowest BCUT2D eigenvalue weighted by molar-refractivity contribution is -0.120. The van der Waals surface area contributed by atoms with Crippen molar-refractivity contribution in [1.29, 1.82) is 0 Å². The Morgan fingerprint density at radius 1 is 1.18 bits per heavy atom. The van der Waals surface area contributed by atoms with Crippen LogP contribution in [0.15, 0.2) is 36.4 Å². The Morgan fingerprint density at radius 2 is 1.82 bits per heavy atom. The van der Waals surface area contributed by atoms with Crippen molar-refractivity contribution in [1.82, 2.24) is 0 Å². The van der Waals surface area contributed by atoms with Crippen LogP contribution >= 0.6 is 0 Å². The second-order valence-corrected chi connectivity index (χ2v) is 5.31. The van der Waals surface area contributed by atoms with Crippen LogP contribution in [0.2, 0.25) is 0 Å². The smallest absolute Gasteiger partial charge is 0.225 e. The molecule has 0 spiro atoms. The third-order valence-corrected chi connectivity index (χ3v) is 3.95. The molecule has 1 aliphatic rings. The van der Waals surface area contributed by atoms with E-state index in [0.29, 0.717) is 0 Å². The molecule has 2 heteroatoms. The predicted octanol–water partition coefficient (Wildman–Crippen LogP) is 2.70. The van der Waals surface area contributed by atoms with Gasteiger partial charge in [0.05, 0.1) is 5.92 Å². The quantitative estimate of drug-likeness (QED) is 0.796. The van der Waals surface area contributed by atoms with E-state index < -0.39 is 0 Å². The van der Waals surface area contributed by atoms with Gasteiger partial charge in [-0.05, 0) is 21.9 Å². The molecule has 2 aromatic rings. The van der Waals surface area contributed by atoms with Crippen LogP contribution in [0.1, 0.15) is 30.9 Å². The largest absolute Gasteiger partial charge is 0.369 e. The first-order valence-corrected chi connectivity index (χ1v) is 5.85. The normalized spacial score (nSPS) is 20.7. The van der Waals surface area contributed by atoms with Crippen LogP contribution in [0.25, 0.3) is 10.8 Å². The lowest BCUT2D eigenvalue weighted by Gasteiger charge is -2.26. The van der Waals surface area contributed by atoms with E-state index in [0.717, 1.165) is 5.56 Å². The average Bonchev–Trinajstić information content (AvgIpc) is 2.50. The lowest BCUT2D eigenvalue weighted by atomic mass is 9.76. The van der Waals surface area contributed by atoms with Gasteiger partial charge in [-0.1, -0.05) is 50.2 Å². The summed E-state index contributed by atoms with van der Waals surface area (Å²) in [6.45, 7) is 4.19. The number of amides is 1. The standard InChI is InChI=1S/C15H15NO/c1-15(2)11-8-4-6-9-5-3-7-10(12(9)11)13(15)14(16)17/h3-8,13H,1-2H3,(H2,16,17)/t13-/m1/s1. The highest BCUT2D eigenvalue weighted by molar-refractivity contribution is 5.99. The highest BCUT2D eigenvalue weighted by Gasteiger charge is 2.43. The van der Waals surface area contributed by atoms with Crippen LogP contribution in [-0.2, 0) is 10.2 Å². The minimum absolute atomic E-state index is 0.213. The van der Waals surface area contributed by atoms with Gasteiger partial charge in [-0.3, -0.25) is 4.79 Å². The fourth-order valence-corrected chi connectivity index (χ4v) is 3.20. The number of nitrogens with two attached hydrogens (primary N) is 1. The molecule has 2 N–H and O–H groups in total. The van der Waals surface area contributed by atoms with Gasteiger partial charge >= 0.3 is 0 Å². The molecule has 1 atom stereocenters. The van der Waals surface area contributed by atoms with Gasteiger partial charge in [0, 0.05) is 5.41 Å².